The molecule has 1 N–H and O–H groups in total. The number of nitrogens with zero attached hydrogens (tertiary/aromatic N) is 1. The molecule has 6 heteroatoms. The molecule has 25 heavy (non-hydrogen) atoms. The van der Waals surface area contributed by atoms with Crippen LogP contribution in [0, 0.1) is 5.92 Å². The summed E-state index contributed by atoms with van der Waals surface area (Å²) < 4.78 is 12.0. The molecule has 4 rings (SSSR count). The van der Waals surface area contributed by atoms with Gasteiger partial charge in [0.1, 0.15) is 0 Å². The Hall–Kier alpha value is -2.24. The van der Waals surface area contributed by atoms with Crippen molar-refractivity contribution in [3.8, 4) is 11.5 Å². The number of likely N-dealkylation sites (tertiary alicyclic amines) is 1. The molecule has 2 aliphatic heterocycles. The molecule has 134 valence electrons. The number of carbonyl (C=O) groups is 2. The summed E-state index contributed by atoms with van der Waals surface area (Å²) >= 11 is 0. The van der Waals surface area contributed by atoms with Crippen LogP contribution in [-0.2, 0) is 9.59 Å². The summed E-state index contributed by atoms with van der Waals surface area (Å²) in [7, 11) is 0. The van der Waals surface area contributed by atoms with Crippen molar-refractivity contribution in [2.24, 2.45) is 5.92 Å². The Bertz CT molecular complexity index is 689. The van der Waals surface area contributed by atoms with Crippen LogP contribution in [0.4, 0.5) is 5.69 Å². The van der Waals surface area contributed by atoms with E-state index in [1.54, 1.807) is 11.8 Å². The van der Waals surface area contributed by atoms with E-state index in [1.807, 2.05) is 18.2 Å². The number of fused-ring (bicyclic) bond motifs is 1. The van der Waals surface area contributed by atoms with Crippen molar-refractivity contribution in [3.05, 3.63) is 18.2 Å². The smallest absolute Gasteiger partial charge is 0.251 e. The number of nitrogens with one attached hydrogen (secondary N) is 1. The molecule has 0 radical (unpaired) electrons. The van der Waals surface area contributed by atoms with E-state index in [2.05, 4.69) is 5.32 Å². The Morgan fingerprint density at radius 1 is 1.12 bits per heavy atom. The fraction of sp³-hybridized carbons (Fsp3) is 0.579. The summed E-state index contributed by atoms with van der Waals surface area (Å²) in [5, 5.41) is 2.99. The molecule has 2 fully saturated rings. The van der Waals surface area contributed by atoms with Crippen molar-refractivity contribution in [3.63, 3.8) is 0 Å². The lowest BCUT2D eigenvalue weighted by molar-refractivity contribution is -0.132. The lowest BCUT2D eigenvalue weighted by Crippen LogP contribution is -2.40. The van der Waals surface area contributed by atoms with Gasteiger partial charge in [-0.05, 0) is 37.8 Å². The van der Waals surface area contributed by atoms with E-state index >= 15 is 0 Å². The summed E-state index contributed by atoms with van der Waals surface area (Å²) in [4.78, 5) is 25.7. The molecule has 6 nitrogen and oxygen atoms in total. The maximum Gasteiger partial charge on any atom is 0.251 e. The monoisotopic (exact) mass is 344 g/mol. The number of rotatable bonds is 2. The largest absolute Gasteiger partial charge is 0.448 e. The first-order chi connectivity index (χ1) is 12.0. The molecule has 2 amide bonds. The van der Waals surface area contributed by atoms with Crippen molar-refractivity contribution >= 4 is 17.5 Å². The third-order valence-corrected chi connectivity index (χ3v) is 5.48. The molecular formula is C19H24N2O4. The highest BCUT2D eigenvalue weighted by Gasteiger charge is 2.44. The molecule has 1 saturated heterocycles. The molecule has 3 aliphatic rings. The van der Waals surface area contributed by atoms with E-state index in [0.29, 0.717) is 31.7 Å². The Morgan fingerprint density at radius 3 is 2.48 bits per heavy atom. The van der Waals surface area contributed by atoms with Crippen LogP contribution >= 0.6 is 0 Å². The molecule has 1 spiro atoms. The number of amides is 2. The lowest BCUT2D eigenvalue weighted by atomic mass is 9.96. The molecule has 0 aromatic heterocycles. The van der Waals surface area contributed by atoms with Crippen molar-refractivity contribution < 1.29 is 19.1 Å². The highest BCUT2D eigenvalue weighted by atomic mass is 16.7. The SMILES string of the molecule is CC(=O)N1CCC(C(=O)Nc2ccc3c(c2)OC2(CCCC2)O3)CC1. The molecule has 0 unspecified atom stereocenters. The summed E-state index contributed by atoms with van der Waals surface area (Å²) in [6, 6.07) is 5.58. The van der Waals surface area contributed by atoms with Gasteiger partial charge in [0, 0.05) is 50.5 Å². The highest BCUT2D eigenvalue weighted by molar-refractivity contribution is 5.93. The van der Waals surface area contributed by atoms with Crippen molar-refractivity contribution in [2.45, 2.75) is 51.2 Å². The van der Waals surface area contributed by atoms with Gasteiger partial charge in [-0.15, -0.1) is 0 Å². The Kier molecular flexibility index (Phi) is 4.06. The van der Waals surface area contributed by atoms with Crippen LogP contribution in [0.15, 0.2) is 18.2 Å². The van der Waals surface area contributed by atoms with E-state index in [0.717, 1.165) is 37.1 Å². The van der Waals surface area contributed by atoms with E-state index in [1.165, 1.54) is 0 Å². The van der Waals surface area contributed by atoms with Crippen LogP contribution in [0.2, 0.25) is 0 Å². The first-order valence-electron chi connectivity index (χ1n) is 9.13. The number of ether oxygens (including phenoxy) is 2. The highest BCUT2D eigenvalue weighted by Crippen LogP contribution is 2.47. The van der Waals surface area contributed by atoms with Crippen LogP contribution < -0.4 is 14.8 Å². The number of piperidine rings is 1. The number of carbonyl (C=O) groups excluding carboxylic acids is 2. The van der Waals surface area contributed by atoms with Crippen LogP contribution in [0.3, 0.4) is 0 Å². The minimum Gasteiger partial charge on any atom is -0.448 e. The first kappa shape index (κ1) is 16.2. The Labute approximate surface area is 147 Å². The Morgan fingerprint density at radius 2 is 1.80 bits per heavy atom. The van der Waals surface area contributed by atoms with Crippen molar-refractivity contribution in [2.75, 3.05) is 18.4 Å². The van der Waals surface area contributed by atoms with Crippen LogP contribution in [0.1, 0.15) is 45.4 Å². The topological polar surface area (TPSA) is 67.9 Å². The summed E-state index contributed by atoms with van der Waals surface area (Å²) in [5.41, 5.74) is 0.733. The third-order valence-electron chi connectivity index (χ3n) is 5.48. The van der Waals surface area contributed by atoms with Gasteiger partial charge in [0.05, 0.1) is 0 Å². The zero-order chi connectivity index (χ0) is 17.4. The molecule has 1 aromatic carbocycles. The summed E-state index contributed by atoms with van der Waals surface area (Å²) in [6.45, 7) is 2.87. The number of anilines is 1. The van der Waals surface area contributed by atoms with Gasteiger partial charge in [0.15, 0.2) is 11.5 Å². The Balaban J connectivity index is 1.38. The average molecular weight is 344 g/mol. The molecule has 0 bridgehead atoms. The predicted octanol–water partition coefficient (Wildman–Crippen LogP) is 2.93. The third kappa shape index (κ3) is 3.17. The first-order valence-corrected chi connectivity index (χ1v) is 9.13. The van der Waals surface area contributed by atoms with E-state index in [9.17, 15) is 9.59 Å². The molecule has 0 atom stereocenters. The van der Waals surface area contributed by atoms with Gasteiger partial charge < -0.3 is 19.7 Å². The van der Waals surface area contributed by atoms with Gasteiger partial charge in [0.25, 0.3) is 5.79 Å². The zero-order valence-corrected chi connectivity index (χ0v) is 14.5. The summed E-state index contributed by atoms with van der Waals surface area (Å²) in [6.07, 6.45) is 5.49. The number of hydrogen-bond donors (Lipinski definition) is 1. The predicted molar refractivity (Wildman–Crippen MR) is 92.5 cm³/mol. The van der Waals surface area contributed by atoms with Gasteiger partial charge in [-0.3, -0.25) is 9.59 Å². The van der Waals surface area contributed by atoms with Gasteiger partial charge in [-0.1, -0.05) is 0 Å². The maximum absolute atomic E-state index is 12.5. The average Bonchev–Trinajstić information content (AvgIpc) is 3.20. The van der Waals surface area contributed by atoms with Crippen molar-refractivity contribution in [1.82, 2.24) is 4.90 Å². The number of hydrogen-bond acceptors (Lipinski definition) is 4. The van der Waals surface area contributed by atoms with Gasteiger partial charge in [-0.25, -0.2) is 0 Å². The standard InChI is InChI=1S/C19H24N2O4/c1-13(22)21-10-6-14(7-11-21)18(23)20-15-4-5-16-17(12-15)25-19(24-16)8-2-3-9-19/h4-5,12,14H,2-3,6-11H2,1H3,(H,20,23). The second-order valence-corrected chi connectivity index (χ2v) is 7.25. The quantitative estimate of drug-likeness (QED) is 0.896. The molecular weight excluding hydrogens is 320 g/mol. The van der Waals surface area contributed by atoms with Gasteiger partial charge in [0.2, 0.25) is 11.8 Å². The van der Waals surface area contributed by atoms with E-state index in [4.69, 9.17) is 9.47 Å². The second-order valence-electron chi connectivity index (χ2n) is 7.25. The molecule has 1 aromatic rings. The molecule has 1 saturated carbocycles. The second kappa shape index (κ2) is 6.24. The van der Waals surface area contributed by atoms with Crippen LogP contribution in [-0.4, -0.2) is 35.6 Å². The van der Waals surface area contributed by atoms with Crippen LogP contribution in [0.25, 0.3) is 0 Å². The lowest BCUT2D eigenvalue weighted by Gasteiger charge is -2.30. The minimum absolute atomic E-state index is 0.0117. The van der Waals surface area contributed by atoms with Crippen molar-refractivity contribution in [1.29, 1.82) is 0 Å². The number of benzene rings is 1. The molecule has 2 heterocycles. The van der Waals surface area contributed by atoms with E-state index in [-0.39, 0.29) is 17.7 Å². The summed E-state index contributed by atoms with van der Waals surface area (Å²) in [5.74, 6) is 1.03. The normalized spacial score (nSPS) is 21.6. The van der Waals surface area contributed by atoms with Gasteiger partial charge in [-0.2, -0.15) is 0 Å². The fourth-order valence-corrected chi connectivity index (χ4v) is 3.99. The zero-order valence-electron chi connectivity index (χ0n) is 14.5. The fourth-order valence-electron chi connectivity index (χ4n) is 3.99. The van der Waals surface area contributed by atoms with Crippen LogP contribution in [0.5, 0.6) is 11.5 Å². The van der Waals surface area contributed by atoms with Gasteiger partial charge >= 0.3 is 0 Å². The minimum atomic E-state index is -0.482. The molecule has 1 aliphatic carbocycles. The maximum atomic E-state index is 12.5. The van der Waals surface area contributed by atoms with E-state index < -0.39 is 5.79 Å².